The smallest absolute Gasteiger partial charge is 0.282 e. The van der Waals surface area contributed by atoms with Crippen molar-refractivity contribution in [2.75, 3.05) is 6.61 Å². The molecule has 0 atom stereocenters. The van der Waals surface area contributed by atoms with E-state index in [0.717, 1.165) is 4.47 Å². The minimum Gasteiger partial charge on any atom is -0.493 e. The third kappa shape index (κ3) is 3.94. The molecule has 0 N–H and O–H groups in total. The van der Waals surface area contributed by atoms with Gasteiger partial charge in [-0.2, -0.15) is 9.78 Å². The van der Waals surface area contributed by atoms with Gasteiger partial charge in [0.2, 0.25) is 0 Å². The summed E-state index contributed by atoms with van der Waals surface area (Å²) >= 11 is 3.36. The largest absolute Gasteiger partial charge is 0.493 e. The molecular formula is C19H17BrN4O4. The van der Waals surface area contributed by atoms with Crippen molar-refractivity contribution in [1.29, 1.82) is 0 Å². The third-order valence-corrected chi connectivity index (χ3v) is 4.50. The van der Waals surface area contributed by atoms with Crippen LogP contribution in [0.3, 0.4) is 0 Å². The van der Waals surface area contributed by atoms with Crippen LogP contribution in [-0.2, 0) is 6.42 Å². The molecule has 1 heterocycles. The summed E-state index contributed by atoms with van der Waals surface area (Å²) in [4.78, 5) is 28.0. The minimum atomic E-state index is -0.494. The maximum absolute atomic E-state index is 12.9. The van der Waals surface area contributed by atoms with Crippen LogP contribution >= 0.6 is 15.9 Å². The summed E-state index contributed by atoms with van der Waals surface area (Å²) in [5.74, 6) is 0.930. The van der Waals surface area contributed by atoms with Crippen LogP contribution in [0.25, 0.3) is 10.9 Å². The van der Waals surface area contributed by atoms with E-state index in [1.54, 1.807) is 12.1 Å². The quantitative estimate of drug-likeness (QED) is 0.326. The summed E-state index contributed by atoms with van der Waals surface area (Å²) in [5, 5.41) is 15.8. The standard InChI is InChI=1S/C19H17BrN4O4/c1-3-18-22-16-7-5-13(20)10-15(16)19(25)23(18)21-11-12-9-14(24(26)27)6-8-17(12)28-4-2/h5-11H,3-4H2,1-2H3. The van der Waals surface area contributed by atoms with Crippen LogP contribution in [0.1, 0.15) is 25.2 Å². The van der Waals surface area contributed by atoms with Gasteiger partial charge in [-0.15, -0.1) is 0 Å². The van der Waals surface area contributed by atoms with Gasteiger partial charge in [0.05, 0.1) is 28.6 Å². The highest BCUT2D eigenvalue weighted by Gasteiger charge is 2.12. The summed E-state index contributed by atoms with van der Waals surface area (Å²) in [6.45, 7) is 4.08. The van der Waals surface area contributed by atoms with Crippen molar-refractivity contribution in [3.63, 3.8) is 0 Å². The second-order valence-corrected chi connectivity index (χ2v) is 6.73. The van der Waals surface area contributed by atoms with Gasteiger partial charge in [-0.05, 0) is 31.2 Å². The zero-order chi connectivity index (χ0) is 20.3. The van der Waals surface area contributed by atoms with Gasteiger partial charge in [-0.1, -0.05) is 22.9 Å². The Morgan fingerprint density at radius 2 is 2.07 bits per heavy atom. The van der Waals surface area contributed by atoms with E-state index < -0.39 is 4.92 Å². The first-order valence-electron chi connectivity index (χ1n) is 8.61. The number of aryl methyl sites for hydroxylation is 1. The van der Waals surface area contributed by atoms with E-state index in [1.165, 1.54) is 29.1 Å². The molecule has 0 saturated heterocycles. The second-order valence-electron chi connectivity index (χ2n) is 5.82. The number of benzene rings is 2. The van der Waals surface area contributed by atoms with E-state index in [0.29, 0.717) is 41.1 Å². The summed E-state index contributed by atoms with van der Waals surface area (Å²) in [7, 11) is 0. The fourth-order valence-electron chi connectivity index (χ4n) is 2.70. The number of nitro groups is 1. The van der Waals surface area contributed by atoms with E-state index in [9.17, 15) is 14.9 Å². The molecule has 1 aromatic heterocycles. The number of nitro benzene ring substituents is 1. The Hall–Kier alpha value is -3.07. The van der Waals surface area contributed by atoms with Gasteiger partial charge in [-0.25, -0.2) is 4.98 Å². The molecule has 0 unspecified atom stereocenters. The average molecular weight is 445 g/mol. The molecule has 3 aromatic rings. The Labute approximate surface area is 168 Å². The van der Waals surface area contributed by atoms with Gasteiger partial charge in [0.25, 0.3) is 11.2 Å². The average Bonchev–Trinajstić information content (AvgIpc) is 2.68. The SMILES string of the molecule is CCOc1ccc([N+](=O)[O-])cc1C=Nn1c(CC)nc2ccc(Br)cc2c1=O. The van der Waals surface area contributed by atoms with E-state index in [4.69, 9.17) is 4.74 Å². The molecule has 28 heavy (non-hydrogen) atoms. The molecule has 144 valence electrons. The van der Waals surface area contributed by atoms with E-state index in [2.05, 4.69) is 26.0 Å². The Morgan fingerprint density at radius 3 is 2.75 bits per heavy atom. The van der Waals surface area contributed by atoms with Crippen LogP contribution in [0.4, 0.5) is 5.69 Å². The molecule has 9 heteroatoms. The first-order chi connectivity index (χ1) is 13.4. The van der Waals surface area contributed by atoms with Crippen molar-refractivity contribution in [2.45, 2.75) is 20.3 Å². The minimum absolute atomic E-state index is 0.0893. The second kappa shape index (κ2) is 8.30. The summed E-state index contributed by atoms with van der Waals surface area (Å²) < 4.78 is 7.48. The van der Waals surface area contributed by atoms with Crippen LogP contribution in [0.5, 0.6) is 5.75 Å². The number of hydrogen-bond acceptors (Lipinski definition) is 6. The molecule has 3 rings (SSSR count). The topological polar surface area (TPSA) is 99.6 Å². The highest BCUT2D eigenvalue weighted by atomic mass is 79.9. The molecule has 0 fully saturated rings. The predicted octanol–water partition coefficient (Wildman–Crippen LogP) is 3.91. The van der Waals surface area contributed by atoms with Gasteiger partial charge in [0, 0.05) is 28.6 Å². The van der Waals surface area contributed by atoms with Gasteiger partial charge >= 0.3 is 0 Å². The van der Waals surface area contributed by atoms with Gasteiger partial charge in [-0.3, -0.25) is 14.9 Å². The number of rotatable bonds is 6. The molecule has 0 bridgehead atoms. The van der Waals surface area contributed by atoms with Crippen LogP contribution in [0.15, 0.2) is 50.8 Å². The molecule has 0 saturated carbocycles. The molecule has 0 aliphatic heterocycles. The molecule has 0 aliphatic carbocycles. The number of ether oxygens (including phenoxy) is 1. The number of fused-ring (bicyclic) bond motifs is 1. The monoisotopic (exact) mass is 444 g/mol. The Bertz CT molecular complexity index is 1140. The molecule has 8 nitrogen and oxygen atoms in total. The fourth-order valence-corrected chi connectivity index (χ4v) is 3.06. The molecule has 0 amide bonds. The number of non-ortho nitro benzene ring substituents is 1. The summed E-state index contributed by atoms with van der Waals surface area (Å²) in [6, 6.07) is 9.51. The number of aromatic nitrogens is 2. The Balaban J connectivity index is 2.15. The number of nitrogens with zero attached hydrogens (tertiary/aromatic N) is 4. The molecule has 2 aromatic carbocycles. The van der Waals surface area contributed by atoms with Crippen molar-refractivity contribution in [3.05, 3.63) is 72.7 Å². The molecule has 0 aliphatic rings. The third-order valence-electron chi connectivity index (χ3n) is 4.01. The zero-order valence-electron chi connectivity index (χ0n) is 15.3. The lowest BCUT2D eigenvalue weighted by Crippen LogP contribution is -2.22. The van der Waals surface area contributed by atoms with Crippen molar-refractivity contribution in [3.8, 4) is 5.75 Å². The highest BCUT2D eigenvalue weighted by Crippen LogP contribution is 2.23. The molecule has 0 spiro atoms. The van der Waals surface area contributed by atoms with E-state index in [-0.39, 0.29) is 11.2 Å². The van der Waals surface area contributed by atoms with Crippen molar-refractivity contribution in [2.24, 2.45) is 5.10 Å². The van der Waals surface area contributed by atoms with Gasteiger partial charge in [0.15, 0.2) is 0 Å². The Morgan fingerprint density at radius 1 is 1.29 bits per heavy atom. The Kier molecular flexibility index (Phi) is 5.84. The van der Waals surface area contributed by atoms with E-state index >= 15 is 0 Å². The summed E-state index contributed by atoms with van der Waals surface area (Å²) in [6.07, 6.45) is 1.87. The number of halogens is 1. The van der Waals surface area contributed by atoms with Crippen molar-refractivity contribution in [1.82, 2.24) is 9.66 Å². The number of hydrogen-bond donors (Lipinski definition) is 0. The molecular weight excluding hydrogens is 428 g/mol. The van der Waals surface area contributed by atoms with Gasteiger partial charge < -0.3 is 4.74 Å². The lowest BCUT2D eigenvalue weighted by molar-refractivity contribution is -0.384. The normalized spacial score (nSPS) is 11.2. The molecule has 0 radical (unpaired) electrons. The first-order valence-corrected chi connectivity index (χ1v) is 9.40. The van der Waals surface area contributed by atoms with Crippen molar-refractivity contribution < 1.29 is 9.66 Å². The van der Waals surface area contributed by atoms with Gasteiger partial charge in [0.1, 0.15) is 11.6 Å². The fraction of sp³-hybridized carbons (Fsp3) is 0.211. The zero-order valence-corrected chi connectivity index (χ0v) is 16.8. The maximum Gasteiger partial charge on any atom is 0.282 e. The lowest BCUT2D eigenvalue weighted by atomic mass is 10.2. The maximum atomic E-state index is 12.9. The lowest BCUT2D eigenvalue weighted by Gasteiger charge is -2.09. The summed E-state index contributed by atoms with van der Waals surface area (Å²) in [5.41, 5.74) is 0.581. The van der Waals surface area contributed by atoms with Crippen LogP contribution in [0.2, 0.25) is 0 Å². The van der Waals surface area contributed by atoms with Crippen LogP contribution in [0, 0.1) is 10.1 Å². The van der Waals surface area contributed by atoms with E-state index in [1.807, 2.05) is 19.9 Å². The predicted molar refractivity (Wildman–Crippen MR) is 110 cm³/mol. The van der Waals surface area contributed by atoms with Crippen LogP contribution in [-0.4, -0.2) is 27.4 Å². The highest BCUT2D eigenvalue weighted by molar-refractivity contribution is 9.10. The van der Waals surface area contributed by atoms with Crippen LogP contribution < -0.4 is 10.3 Å². The first kappa shape index (κ1) is 19.7. The van der Waals surface area contributed by atoms with Crippen molar-refractivity contribution >= 4 is 38.7 Å².